The number of allylic oxidation sites excluding steroid dienone is 4. The summed E-state index contributed by atoms with van der Waals surface area (Å²) in [7, 11) is 0. The minimum absolute atomic E-state index is 1.29. The highest BCUT2D eigenvalue weighted by Gasteiger charge is 2.01. The van der Waals surface area contributed by atoms with E-state index in [1.807, 2.05) is 0 Å². The van der Waals surface area contributed by atoms with Crippen LogP contribution in [0.25, 0.3) is 5.57 Å². The molecule has 1 heteroatoms. The van der Waals surface area contributed by atoms with Crippen molar-refractivity contribution >= 4 is 17.3 Å². The Labute approximate surface area is 89.0 Å². The number of hydrogen-bond donors (Lipinski definition) is 0. The van der Waals surface area contributed by atoms with Crippen LogP contribution in [0.1, 0.15) is 11.1 Å². The van der Waals surface area contributed by atoms with Gasteiger partial charge in [-0.15, -0.1) is 11.8 Å². The molecule has 0 unspecified atom stereocenters. The maximum Gasteiger partial charge on any atom is -0.0115 e. The van der Waals surface area contributed by atoms with E-state index < -0.39 is 0 Å². The van der Waals surface area contributed by atoms with Gasteiger partial charge in [0.05, 0.1) is 0 Å². The van der Waals surface area contributed by atoms with Crippen molar-refractivity contribution in [2.75, 3.05) is 0 Å². The molecule has 0 amide bonds. The van der Waals surface area contributed by atoms with Crippen LogP contribution in [-0.2, 0) is 0 Å². The SMILES string of the molecule is Cc1ccccc1C1=CSC=CC=C1. The molecule has 1 aliphatic heterocycles. The fourth-order valence-corrected chi connectivity index (χ4v) is 2.06. The average molecular weight is 200 g/mol. The van der Waals surface area contributed by atoms with Crippen molar-refractivity contribution in [3.05, 3.63) is 64.4 Å². The fraction of sp³-hybridized carbons (Fsp3) is 0.0769. The average Bonchev–Trinajstić information content (AvgIpc) is 2.47. The monoisotopic (exact) mass is 200 g/mol. The zero-order chi connectivity index (χ0) is 9.80. The summed E-state index contributed by atoms with van der Waals surface area (Å²) in [4.78, 5) is 0. The summed E-state index contributed by atoms with van der Waals surface area (Å²) < 4.78 is 0. The Hall–Kier alpha value is -1.21. The molecule has 1 aromatic carbocycles. The lowest BCUT2D eigenvalue weighted by Gasteiger charge is -2.05. The first-order chi connectivity index (χ1) is 6.88. The molecule has 0 saturated heterocycles. The zero-order valence-electron chi connectivity index (χ0n) is 8.10. The van der Waals surface area contributed by atoms with Crippen molar-refractivity contribution in [1.82, 2.24) is 0 Å². The predicted molar refractivity (Wildman–Crippen MR) is 65.0 cm³/mol. The van der Waals surface area contributed by atoms with Crippen molar-refractivity contribution in [3.8, 4) is 0 Å². The number of hydrogen-bond acceptors (Lipinski definition) is 1. The molecule has 0 saturated carbocycles. The minimum atomic E-state index is 1.29. The molecule has 0 spiro atoms. The molecule has 0 aromatic heterocycles. The maximum absolute atomic E-state index is 2.18. The zero-order valence-corrected chi connectivity index (χ0v) is 8.92. The van der Waals surface area contributed by atoms with Gasteiger partial charge in [-0.1, -0.05) is 42.5 Å². The van der Waals surface area contributed by atoms with Gasteiger partial charge in [0.1, 0.15) is 0 Å². The summed E-state index contributed by atoms with van der Waals surface area (Å²) in [5.41, 5.74) is 3.93. The topological polar surface area (TPSA) is 0 Å². The third-order valence-electron chi connectivity index (χ3n) is 2.20. The van der Waals surface area contributed by atoms with Gasteiger partial charge in [-0.3, -0.25) is 0 Å². The highest BCUT2D eigenvalue weighted by atomic mass is 32.2. The molecular weight excluding hydrogens is 188 g/mol. The van der Waals surface area contributed by atoms with E-state index in [0.717, 1.165) is 0 Å². The Morgan fingerprint density at radius 2 is 1.93 bits per heavy atom. The van der Waals surface area contributed by atoms with Gasteiger partial charge >= 0.3 is 0 Å². The Balaban J connectivity index is 2.40. The molecule has 0 radical (unpaired) electrons. The second-order valence-corrected chi connectivity index (χ2v) is 3.99. The van der Waals surface area contributed by atoms with Crippen LogP contribution in [0.4, 0.5) is 0 Å². The summed E-state index contributed by atoms with van der Waals surface area (Å²) in [5.74, 6) is 0. The molecule has 70 valence electrons. The van der Waals surface area contributed by atoms with Gasteiger partial charge in [0.15, 0.2) is 0 Å². The lowest BCUT2D eigenvalue weighted by atomic mass is 10.0. The van der Waals surface area contributed by atoms with E-state index in [2.05, 4.69) is 60.2 Å². The summed E-state index contributed by atoms with van der Waals surface area (Å²) in [6.07, 6.45) is 6.30. The first-order valence-corrected chi connectivity index (χ1v) is 5.57. The molecular formula is C13H12S. The third kappa shape index (κ3) is 1.99. The van der Waals surface area contributed by atoms with E-state index in [1.54, 1.807) is 11.8 Å². The van der Waals surface area contributed by atoms with Crippen LogP contribution in [0.15, 0.2) is 53.3 Å². The van der Waals surface area contributed by atoms with Crippen LogP contribution < -0.4 is 0 Å². The fourth-order valence-electron chi connectivity index (χ4n) is 1.45. The van der Waals surface area contributed by atoms with Crippen LogP contribution >= 0.6 is 11.8 Å². The Bertz CT molecular complexity index is 411. The molecule has 2 rings (SSSR count). The van der Waals surface area contributed by atoms with E-state index in [0.29, 0.717) is 0 Å². The number of rotatable bonds is 1. The molecule has 1 aliphatic rings. The van der Waals surface area contributed by atoms with Crippen molar-refractivity contribution < 1.29 is 0 Å². The largest absolute Gasteiger partial charge is 0.105 e. The highest BCUT2D eigenvalue weighted by molar-refractivity contribution is 8.05. The molecule has 0 aliphatic carbocycles. The van der Waals surface area contributed by atoms with E-state index >= 15 is 0 Å². The first kappa shape index (κ1) is 9.35. The van der Waals surface area contributed by atoms with E-state index in [1.165, 1.54) is 16.7 Å². The lowest BCUT2D eigenvalue weighted by molar-refractivity contribution is 1.43. The van der Waals surface area contributed by atoms with Crippen LogP contribution in [0.5, 0.6) is 0 Å². The molecule has 0 nitrogen and oxygen atoms in total. The van der Waals surface area contributed by atoms with Crippen LogP contribution in [0.2, 0.25) is 0 Å². The van der Waals surface area contributed by atoms with Crippen LogP contribution in [0, 0.1) is 6.92 Å². The molecule has 1 aromatic rings. The Kier molecular flexibility index (Phi) is 2.90. The Morgan fingerprint density at radius 1 is 1.07 bits per heavy atom. The molecule has 0 N–H and O–H groups in total. The van der Waals surface area contributed by atoms with Crippen molar-refractivity contribution in [2.45, 2.75) is 6.92 Å². The van der Waals surface area contributed by atoms with Gasteiger partial charge in [0, 0.05) is 0 Å². The summed E-state index contributed by atoms with van der Waals surface area (Å²) in [6, 6.07) is 8.47. The van der Waals surface area contributed by atoms with Gasteiger partial charge in [-0.05, 0) is 34.4 Å². The van der Waals surface area contributed by atoms with Crippen molar-refractivity contribution in [2.24, 2.45) is 0 Å². The van der Waals surface area contributed by atoms with Gasteiger partial charge in [0.2, 0.25) is 0 Å². The summed E-state index contributed by atoms with van der Waals surface area (Å²) in [6.45, 7) is 2.15. The van der Waals surface area contributed by atoms with Crippen molar-refractivity contribution in [3.63, 3.8) is 0 Å². The quantitative estimate of drug-likeness (QED) is 0.656. The van der Waals surface area contributed by atoms with Gasteiger partial charge in [-0.25, -0.2) is 0 Å². The lowest BCUT2D eigenvalue weighted by Crippen LogP contribution is -1.84. The number of aryl methyl sites for hydroxylation is 1. The standard InChI is InChI=1S/C13H12S/c1-11-6-2-3-8-13(11)12-7-4-5-9-14-10-12/h2-10H,1H3. The summed E-state index contributed by atoms with van der Waals surface area (Å²) >= 11 is 1.72. The van der Waals surface area contributed by atoms with Gasteiger partial charge in [0.25, 0.3) is 0 Å². The van der Waals surface area contributed by atoms with Crippen LogP contribution in [-0.4, -0.2) is 0 Å². The molecule has 0 fully saturated rings. The second-order valence-electron chi connectivity index (χ2n) is 3.21. The normalized spacial score (nSPS) is 15.1. The van der Waals surface area contributed by atoms with Crippen molar-refractivity contribution in [1.29, 1.82) is 0 Å². The number of benzene rings is 1. The molecule has 1 heterocycles. The smallest absolute Gasteiger partial charge is 0.0115 e. The third-order valence-corrected chi connectivity index (χ3v) is 2.90. The molecule has 0 bridgehead atoms. The van der Waals surface area contributed by atoms with Gasteiger partial charge in [-0.2, -0.15) is 0 Å². The second kappa shape index (κ2) is 4.34. The first-order valence-electron chi connectivity index (χ1n) is 4.63. The number of thioether (sulfide) groups is 1. The maximum atomic E-state index is 2.18. The predicted octanol–water partition coefficient (Wildman–Crippen LogP) is 4.15. The summed E-state index contributed by atoms with van der Waals surface area (Å²) in [5, 5.41) is 4.27. The van der Waals surface area contributed by atoms with Crippen LogP contribution in [0.3, 0.4) is 0 Å². The van der Waals surface area contributed by atoms with E-state index in [-0.39, 0.29) is 0 Å². The molecule has 14 heavy (non-hydrogen) atoms. The Morgan fingerprint density at radius 3 is 2.79 bits per heavy atom. The highest BCUT2D eigenvalue weighted by Crippen LogP contribution is 2.25. The van der Waals surface area contributed by atoms with E-state index in [9.17, 15) is 0 Å². The van der Waals surface area contributed by atoms with Gasteiger partial charge < -0.3 is 0 Å². The molecule has 0 atom stereocenters. The van der Waals surface area contributed by atoms with E-state index in [4.69, 9.17) is 0 Å². The minimum Gasteiger partial charge on any atom is -0.105 e.